The van der Waals surface area contributed by atoms with Crippen LogP contribution in [0.2, 0.25) is 19.6 Å². The van der Waals surface area contributed by atoms with Crippen molar-refractivity contribution in [2.24, 2.45) is 0 Å². The fraction of sp³-hybridized carbons (Fsp3) is 0.231. The largest absolute Gasteiger partial charge is 0.746 e. The summed E-state index contributed by atoms with van der Waals surface area (Å²) in [6.07, 6.45) is 0. The van der Waals surface area contributed by atoms with E-state index < -0.39 is 8.07 Å². The first-order valence-electron chi connectivity index (χ1n) is 5.19. The molecule has 0 unspecified atom stereocenters. The molecule has 0 aliphatic carbocycles. The minimum absolute atomic E-state index is 0. The molecular formula is C13H19FeNSi-6. The molecule has 16 heavy (non-hydrogen) atoms. The molecule has 2 aromatic carbocycles. The Bertz CT molecular complexity index is 357. The molecule has 0 bridgehead atoms. The van der Waals surface area contributed by atoms with Gasteiger partial charge in [-0.1, -0.05) is 19.6 Å². The first kappa shape index (κ1) is 15.2. The quantitative estimate of drug-likeness (QED) is 0.627. The van der Waals surface area contributed by atoms with Crippen LogP contribution in [0, 0.1) is 0 Å². The summed E-state index contributed by atoms with van der Waals surface area (Å²) in [6, 6.07) is 16.2. The Hall–Kier alpha value is -0.764. The average molecular weight is 273 g/mol. The Balaban J connectivity index is 0.000000283. The van der Waals surface area contributed by atoms with Crippen LogP contribution in [0.5, 0.6) is 0 Å². The zero-order valence-electron chi connectivity index (χ0n) is 10.0. The molecule has 0 atom stereocenters. The predicted molar refractivity (Wildman–Crippen MR) is 71.5 cm³/mol. The summed E-state index contributed by atoms with van der Waals surface area (Å²) in [5.74, 6) is 0. The van der Waals surface area contributed by atoms with E-state index in [9.17, 15) is 0 Å². The third-order valence-corrected chi connectivity index (χ3v) is 4.28. The van der Waals surface area contributed by atoms with Crippen LogP contribution >= 0.6 is 0 Å². The van der Waals surface area contributed by atoms with Crippen molar-refractivity contribution in [2.75, 3.05) is 5.73 Å². The second-order valence-electron chi connectivity index (χ2n) is 4.64. The van der Waals surface area contributed by atoms with Crippen LogP contribution in [0.15, 0.2) is 48.5 Å². The van der Waals surface area contributed by atoms with Gasteiger partial charge in [-0.3, -0.25) is 0 Å². The van der Waals surface area contributed by atoms with Gasteiger partial charge in [-0.05, 0) is 0 Å². The second kappa shape index (κ2) is 6.74. The van der Waals surface area contributed by atoms with Crippen LogP contribution in [0.25, 0.3) is 0 Å². The molecule has 3 heteroatoms. The Labute approximate surface area is 110 Å². The van der Waals surface area contributed by atoms with Crippen LogP contribution in [0.3, 0.4) is 0 Å². The number of nitrogen functional groups attached to an aromatic ring is 1. The van der Waals surface area contributed by atoms with Crippen LogP contribution in [-0.2, 0) is 17.1 Å². The minimum atomic E-state index is -0.981. The molecular weight excluding hydrogens is 254 g/mol. The maximum atomic E-state index is 5.28. The molecule has 0 amide bonds. The molecule has 0 aliphatic rings. The Morgan fingerprint density at radius 1 is 1.00 bits per heavy atom. The fourth-order valence-electron chi connectivity index (χ4n) is 1.26. The van der Waals surface area contributed by atoms with Crippen molar-refractivity contribution in [1.82, 2.24) is 0 Å². The maximum absolute atomic E-state index is 5.28. The van der Waals surface area contributed by atoms with Gasteiger partial charge in [0, 0.05) is 25.1 Å². The Morgan fingerprint density at radius 3 is 1.62 bits per heavy atom. The molecule has 0 saturated carbocycles. The third-order valence-electron chi connectivity index (χ3n) is 2.22. The number of anilines is 1. The molecule has 2 aromatic rings. The van der Waals surface area contributed by atoms with Crippen LogP contribution < -0.4 is 10.9 Å². The molecule has 2 N–H and O–H groups in total. The molecule has 0 aromatic heterocycles. The number of rotatable bonds is 1. The predicted octanol–water partition coefficient (Wildman–Crippen LogP) is 2.94. The van der Waals surface area contributed by atoms with Gasteiger partial charge in [-0.2, -0.15) is 17.3 Å². The van der Waals surface area contributed by atoms with E-state index in [-0.39, 0.29) is 17.1 Å². The van der Waals surface area contributed by atoms with Crippen LogP contribution in [0.1, 0.15) is 0 Å². The Kier molecular flexibility index (Phi) is 6.42. The molecule has 0 fully saturated rings. The summed E-state index contributed by atoms with van der Waals surface area (Å²) >= 11 is 0. The van der Waals surface area contributed by atoms with Crippen molar-refractivity contribution < 1.29 is 17.1 Å². The first-order valence-corrected chi connectivity index (χ1v) is 8.69. The van der Waals surface area contributed by atoms with E-state index in [1.54, 1.807) is 5.19 Å². The summed E-state index contributed by atoms with van der Waals surface area (Å²) < 4.78 is 0. The summed E-state index contributed by atoms with van der Waals surface area (Å²) in [4.78, 5) is 0. The van der Waals surface area contributed by atoms with Gasteiger partial charge < -0.3 is 35.7 Å². The van der Waals surface area contributed by atoms with E-state index in [0.29, 0.717) is 0 Å². The molecule has 0 heterocycles. The molecule has 0 radical (unpaired) electrons. The van der Waals surface area contributed by atoms with Gasteiger partial charge in [-0.15, -0.1) is 0 Å². The summed E-state index contributed by atoms with van der Waals surface area (Å²) in [5.41, 5.74) is 6.12. The van der Waals surface area contributed by atoms with Crippen molar-refractivity contribution in [3.05, 3.63) is 48.5 Å². The van der Waals surface area contributed by atoms with Gasteiger partial charge in [-0.25, -0.2) is 12.1 Å². The van der Waals surface area contributed by atoms with E-state index in [0.717, 1.165) is 5.69 Å². The SMILES string of the molecule is C[Si](C)(C)[c-]1cccc1.N[c-]1[cH-][cH-][cH-][cH-]1.[Fe]. The molecule has 94 valence electrons. The maximum Gasteiger partial charge on any atom is 0.0147 e. The summed E-state index contributed by atoms with van der Waals surface area (Å²) in [6.45, 7) is 7.09. The standard InChI is InChI=1S/C8H13Si.C5H6N.Fe/c1-9(2,3)8-6-4-5-7-8;6-5-3-1-2-4-5;/h4-7H,1-3H3;1-4H,6H2;/q-1;-5;. The van der Waals surface area contributed by atoms with Crippen molar-refractivity contribution in [2.45, 2.75) is 19.6 Å². The minimum Gasteiger partial charge on any atom is -0.746 e. The van der Waals surface area contributed by atoms with Gasteiger partial charge in [0.25, 0.3) is 0 Å². The van der Waals surface area contributed by atoms with E-state index in [2.05, 4.69) is 43.9 Å². The monoisotopic (exact) mass is 273 g/mol. The average Bonchev–Trinajstić information content (AvgIpc) is 2.73. The van der Waals surface area contributed by atoms with E-state index >= 15 is 0 Å². The normalized spacial score (nSPS) is 9.94. The van der Waals surface area contributed by atoms with Crippen LogP contribution in [0.4, 0.5) is 5.69 Å². The topological polar surface area (TPSA) is 26.0 Å². The van der Waals surface area contributed by atoms with E-state index in [4.69, 9.17) is 5.73 Å². The Morgan fingerprint density at radius 2 is 1.44 bits per heavy atom. The molecule has 1 nitrogen and oxygen atoms in total. The first-order chi connectivity index (χ1) is 7.00. The summed E-state index contributed by atoms with van der Waals surface area (Å²) in [5, 5.41) is 1.56. The number of hydrogen-bond acceptors (Lipinski definition) is 1. The molecule has 0 saturated heterocycles. The zero-order valence-corrected chi connectivity index (χ0v) is 12.2. The van der Waals surface area contributed by atoms with Gasteiger partial charge in [0.05, 0.1) is 0 Å². The van der Waals surface area contributed by atoms with E-state index in [1.807, 2.05) is 24.3 Å². The smallest absolute Gasteiger partial charge is 0.0147 e. The van der Waals surface area contributed by atoms with Crippen molar-refractivity contribution in [1.29, 1.82) is 0 Å². The number of hydrogen-bond donors (Lipinski definition) is 1. The second-order valence-corrected chi connectivity index (χ2v) is 9.72. The fourth-order valence-corrected chi connectivity index (χ4v) is 2.46. The molecule has 0 spiro atoms. The van der Waals surface area contributed by atoms with Gasteiger partial charge >= 0.3 is 0 Å². The molecule has 0 aliphatic heterocycles. The zero-order chi connectivity index (χ0) is 11.3. The van der Waals surface area contributed by atoms with Gasteiger partial charge in [0.15, 0.2) is 0 Å². The van der Waals surface area contributed by atoms with Crippen molar-refractivity contribution >= 4 is 18.9 Å². The third kappa shape index (κ3) is 5.36. The van der Waals surface area contributed by atoms with Gasteiger partial charge in [0.1, 0.15) is 0 Å². The van der Waals surface area contributed by atoms with E-state index in [1.165, 1.54) is 0 Å². The van der Waals surface area contributed by atoms with Crippen LogP contribution in [-0.4, -0.2) is 8.07 Å². The molecule has 2 rings (SSSR count). The van der Waals surface area contributed by atoms with Crippen molar-refractivity contribution in [3.63, 3.8) is 0 Å². The van der Waals surface area contributed by atoms with Gasteiger partial charge in [0.2, 0.25) is 0 Å². The van der Waals surface area contributed by atoms with Crippen molar-refractivity contribution in [3.8, 4) is 0 Å². The summed E-state index contributed by atoms with van der Waals surface area (Å²) in [7, 11) is -0.981. The number of nitrogens with two attached hydrogens (primary N) is 1.